The number of benzene rings is 1. The minimum atomic E-state index is -4.66. The zero-order chi connectivity index (χ0) is 16.0. The van der Waals surface area contributed by atoms with E-state index in [4.69, 9.17) is 5.11 Å². The van der Waals surface area contributed by atoms with Crippen LogP contribution in [0.2, 0.25) is 0 Å². The molecule has 5 nitrogen and oxygen atoms in total. The van der Waals surface area contributed by atoms with Crippen molar-refractivity contribution in [1.82, 2.24) is 10.2 Å². The molecule has 0 unspecified atom stereocenters. The fourth-order valence-electron chi connectivity index (χ4n) is 1.47. The molecule has 0 spiro atoms. The van der Waals surface area contributed by atoms with Gasteiger partial charge in [-0.3, -0.25) is 4.79 Å². The number of nitrogens with zero attached hydrogens (tertiary/aromatic N) is 1. The minimum absolute atomic E-state index is 0.0000888. The summed E-state index contributed by atoms with van der Waals surface area (Å²) < 4.78 is 37.7. The van der Waals surface area contributed by atoms with Crippen LogP contribution in [0.15, 0.2) is 28.7 Å². The van der Waals surface area contributed by atoms with Gasteiger partial charge in [0.25, 0.3) is 0 Å². The molecule has 0 aliphatic rings. The van der Waals surface area contributed by atoms with Crippen LogP contribution in [0, 0.1) is 0 Å². The third-order valence-corrected chi connectivity index (χ3v) is 2.87. The van der Waals surface area contributed by atoms with E-state index in [9.17, 15) is 22.8 Å². The van der Waals surface area contributed by atoms with E-state index in [-0.39, 0.29) is 11.4 Å². The smallest absolute Gasteiger partial charge is 0.406 e. The lowest BCUT2D eigenvalue weighted by Crippen LogP contribution is -2.46. The fourth-order valence-corrected chi connectivity index (χ4v) is 1.74. The Balaban J connectivity index is 2.63. The highest BCUT2D eigenvalue weighted by Gasteiger charge is 2.33. The third-order valence-electron chi connectivity index (χ3n) is 2.34. The van der Waals surface area contributed by atoms with Crippen molar-refractivity contribution in [3.63, 3.8) is 0 Å². The van der Waals surface area contributed by atoms with Gasteiger partial charge in [-0.1, -0.05) is 28.1 Å². The van der Waals surface area contributed by atoms with Gasteiger partial charge in [0.15, 0.2) is 0 Å². The van der Waals surface area contributed by atoms with Crippen LogP contribution in [0.5, 0.6) is 0 Å². The van der Waals surface area contributed by atoms with Crippen molar-refractivity contribution in [2.45, 2.75) is 12.7 Å². The molecule has 0 heterocycles. The van der Waals surface area contributed by atoms with Gasteiger partial charge in [-0.15, -0.1) is 0 Å². The third kappa shape index (κ3) is 6.98. The van der Waals surface area contributed by atoms with Gasteiger partial charge < -0.3 is 15.3 Å². The topological polar surface area (TPSA) is 69.6 Å². The van der Waals surface area contributed by atoms with Gasteiger partial charge in [0.05, 0.1) is 0 Å². The molecule has 2 N–H and O–H groups in total. The molecule has 0 aromatic heterocycles. The van der Waals surface area contributed by atoms with Gasteiger partial charge >= 0.3 is 18.2 Å². The highest BCUT2D eigenvalue weighted by Crippen LogP contribution is 2.16. The molecule has 1 aromatic carbocycles. The Hall–Kier alpha value is -1.77. The van der Waals surface area contributed by atoms with E-state index in [0.717, 1.165) is 4.47 Å². The summed E-state index contributed by atoms with van der Waals surface area (Å²) in [5.74, 6) is -1.52. The number of amides is 2. The average Bonchev–Trinajstić information content (AvgIpc) is 2.34. The van der Waals surface area contributed by atoms with Crippen molar-refractivity contribution in [3.05, 3.63) is 34.3 Å². The van der Waals surface area contributed by atoms with Crippen molar-refractivity contribution in [2.24, 2.45) is 0 Å². The van der Waals surface area contributed by atoms with Crippen molar-refractivity contribution in [3.8, 4) is 0 Å². The number of alkyl halides is 3. The molecule has 1 rings (SSSR count). The molecule has 9 heteroatoms. The number of carboxylic acids is 1. The maximum Gasteiger partial charge on any atom is 0.406 e. The van der Waals surface area contributed by atoms with Crippen molar-refractivity contribution < 1.29 is 27.9 Å². The Morgan fingerprint density at radius 1 is 1.24 bits per heavy atom. The second kappa shape index (κ2) is 7.30. The number of urea groups is 1. The first-order chi connectivity index (χ1) is 9.67. The lowest BCUT2D eigenvalue weighted by atomic mass is 10.2. The molecule has 2 amide bonds. The first kappa shape index (κ1) is 17.3. The van der Waals surface area contributed by atoms with Gasteiger partial charge in [0.2, 0.25) is 0 Å². The van der Waals surface area contributed by atoms with Gasteiger partial charge in [0, 0.05) is 11.0 Å². The Kier molecular flexibility index (Phi) is 6.01. The molecular formula is C12H12BrF3N2O3. The lowest BCUT2D eigenvalue weighted by Gasteiger charge is -2.22. The Morgan fingerprint density at radius 2 is 1.81 bits per heavy atom. The van der Waals surface area contributed by atoms with Crippen molar-refractivity contribution in [1.29, 1.82) is 0 Å². The van der Waals surface area contributed by atoms with E-state index in [1.54, 1.807) is 24.3 Å². The molecule has 0 aliphatic heterocycles. The summed E-state index contributed by atoms with van der Waals surface area (Å²) in [4.78, 5) is 22.4. The number of hydrogen-bond donors (Lipinski definition) is 2. The predicted molar refractivity (Wildman–Crippen MR) is 71.6 cm³/mol. The number of halogens is 4. The van der Waals surface area contributed by atoms with E-state index < -0.39 is 31.3 Å². The van der Waals surface area contributed by atoms with E-state index in [1.807, 2.05) is 0 Å². The molecule has 0 aliphatic carbocycles. The maximum absolute atomic E-state index is 12.3. The highest BCUT2D eigenvalue weighted by molar-refractivity contribution is 9.10. The molecule has 116 valence electrons. The van der Waals surface area contributed by atoms with Gasteiger partial charge in [0.1, 0.15) is 13.1 Å². The van der Waals surface area contributed by atoms with Crippen LogP contribution >= 0.6 is 15.9 Å². The van der Waals surface area contributed by atoms with E-state index in [1.165, 1.54) is 0 Å². The number of carboxylic acid groups (broad SMARTS) is 1. The van der Waals surface area contributed by atoms with Crippen LogP contribution < -0.4 is 5.32 Å². The van der Waals surface area contributed by atoms with Crippen molar-refractivity contribution >= 4 is 27.9 Å². The molecular weight excluding hydrogens is 357 g/mol. The largest absolute Gasteiger partial charge is 0.480 e. The standard InChI is InChI=1S/C12H12BrF3N2O3/c13-9-3-1-8(2-4-9)5-17-11(21)18(6-10(19)20)7-12(14,15)16/h1-4H,5-7H2,(H,17,21)(H,19,20). The van der Waals surface area contributed by atoms with E-state index in [0.29, 0.717) is 5.56 Å². The molecule has 21 heavy (non-hydrogen) atoms. The van der Waals surface area contributed by atoms with Crippen LogP contribution in [-0.4, -0.2) is 41.3 Å². The van der Waals surface area contributed by atoms with Gasteiger partial charge in [-0.05, 0) is 17.7 Å². The summed E-state index contributed by atoms with van der Waals surface area (Å²) in [7, 11) is 0. The zero-order valence-corrected chi connectivity index (χ0v) is 12.2. The molecule has 0 fully saturated rings. The van der Waals surface area contributed by atoms with Crippen LogP contribution in [0.25, 0.3) is 0 Å². The number of aliphatic carboxylic acids is 1. The minimum Gasteiger partial charge on any atom is -0.480 e. The SMILES string of the molecule is O=C(O)CN(CC(F)(F)F)C(=O)NCc1ccc(Br)cc1. The molecule has 0 saturated heterocycles. The lowest BCUT2D eigenvalue weighted by molar-refractivity contribution is -0.148. The first-order valence-corrected chi connectivity index (χ1v) is 6.52. The van der Waals surface area contributed by atoms with Crippen LogP contribution in [0.3, 0.4) is 0 Å². The summed E-state index contributed by atoms with van der Waals surface area (Å²) in [6, 6.07) is 5.70. The molecule has 1 aromatic rings. The highest BCUT2D eigenvalue weighted by atomic mass is 79.9. The second-order valence-electron chi connectivity index (χ2n) is 4.15. The number of rotatable bonds is 5. The molecule has 0 radical (unpaired) electrons. The van der Waals surface area contributed by atoms with E-state index in [2.05, 4.69) is 21.2 Å². The quantitative estimate of drug-likeness (QED) is 0.839. The summed E-state index contributed by atoms with van der Waals surface area (Å²) in [5.41, 5.74) is 0.675. The van der Waals surface area contributed by atoms with Gasteiger partial charge in [-0.25, -0.2) is 4.79 Å². The fraction of sp³-hybridized carbons (Fsp3) is 0.333. The van der Waals surface area contributed by atoms with Gasteiger partial charge in [-0.2, -0.15) is 13.2 Å². The summed E-state index contributed by atoms with van der Waals surface area (Å²) >= 11 is 3.22. The molecule has 0 atom stereocenters. The molecule has 0 bridgehead atoms. The van der Waals surface area contributed by atoms with E-state index >= 15 is 0 Å². The number of carbonyl (C=O) groups is 2. The second-order valence-corrected chi connectivity index (χ2v) is 5.07. The first-order valence-electron chi connectivity index (χ1n) is 5.73. The Bertz CT molecular complexity index is 505. The van der Waals surface area contributed by atoms with Crippen molar-refractivity contribution in [2.75, 3.05) is 13.1 Å². The number of hydrogen-bond acceptors (Lipinski definition) is 2. The summed E-state index contributed by atoms with van der Waals surface area (Å²) in [6.07, 6.45) is -4.66. The predicted octanol–water partition coefficient (Wildman–Crippen LogP) is 2.61. The number of nitrogens with one attached hydrogen (secondary N) is 1. The zero-order valence-electron chi connectivity index (χ0n) is 10.7. The molecule has 0 saturated carbocycles. The monoisotopic (exact) mass is 368 g/mol. The Morgan fingerprint density at radius 3 is 2.29 bits per heavy atom. The summed E-state index contributed by atoms with van der Waals surface area (Å²) in [5, 5.41) is 10.8. The number of carbonyl (C=O) groups excluding carboxylic acids is 1. The average molecular weight is 369 g/mol. The van der Waals surface area contributed by atoms with Crippen LogP contribution in [0.4, 0.5) is 18.0 Å². The van der Waals surface area contributed by atoms with Crippen LogP contribution in [-0.2, 0) is 11.3 Å². The van der Waals surface area contributed by atoms with Crippen LogP contribution in [0.1, 0.15) is 5.56 Å². The Labute approximate surface area is 126 Å². The summed E-state index contributed by atoms with van der Waals surface area (Å²) in [6.45, 7) is -2.64. The maximum atomic E-state index is 12.3. The normalized spacial score (nSPS) is 11.0.